The van der Waals surface area contributed by atoms with Crippen molar-refractivity contribution in [3.63, 3.8) is 0 Å². The van der Waals surface area contributed by atoms with Gasteiger partial charge in [0.25, 0.3) is 0 Å². The van der Waals surface area contributed by atoms with Gasteiger partial charge >= 0.3 is 6.61 Å². The van der Waals surface area contributed by atoms with Crippen molar-refractivity contribution in [1.82, 2.24) is 5.32 Å². The second kappa shape index (κ2) is 8.84. The number of ether oxygens (including phenoxy) is 3. The molecule has 5 nitrogen and oxygen atoms in total. The van der Waals surface area contributed by atoms with E-state index in [4.69, 9.17) is 9.47 Å². The predicted octanol–water partition coefficient (Wildman–Crippen LogP) is 4.40. The summed E-state index contributed by atoms with van der Waals surface area (Å²) in [7, 11) is 0. The monoisotopic (exact) mass is 413 g/mol. The first-order chi connectivity index (χ1) is 13.6. The molecule has 1 atom stereocenters. The summed E-state index contributed by atoms with van der Waals surface area (Å²) in [6.07, 6.45) is 3.37. The van der Waals surface area contributed by atoms with E-state index in [0.29, 0.717) is 51.9 Å². The van der Waals surface area contributed by atoms with Crippen LogP contribution < -0.4 is 10.1 Å². The van der Waals surface area contributed by atoms with Crippen molar-refractivity contribution in [2.24, 2.45) is 5.41 Å². The Bertz CT molecular complexity index is 645. The van der Waals surface area contributed by atoms with Gasteiger partial charge in [0.2, 0.25) is 0 Å². The van der Waals surface area contributed by atoms with Gasteiger partial charge in [0.15, 0.2) is 5.79 Å². The lowest BCUT2D eigenvalue weighted by Gasteiger charge is -2.48. The van der Waals surface area contributed by atoms with Gasteiger partial charge in [-0.25, -0.2) is 0 Å². The number of alkyl halides is 2. The molecule has 1 aromatic carbocycles. The molecule has 2 aliphatic rings. The Labute approximate surface area is 171 Å². The Morgan fingerprint density at radius 1 is 1.07 bits per heavy atom. The van der Waals surface area contributed by atoms with Gasteiger partial charge in [-0.05, 0) is 50.4 Å². The smallest absolute Gasteiger partial charge is 0.387 e. The summed E-state index contributed by atoms with van der Waals surface area (Å²) in [5.74, 6) is -0.373. The minimum Gasteiger partial charge on any atom is -0.435 e. The van der Waals surface area contributed by atoms with Crippen molar-refractivity contribution >= 4 is 0 Å². The summed E-state index contributed by atoms with van der Waals surface area (Å²) in [4.78, 5) is 0. The fourth-order valence-electron chi connectivity index (χ4n) is 3.95. The molecule has 1 aliphatic heterocycles. The lowest BCUT2D eigenvalue weighted by Crippen LogP contribution is -2.52. The third-order valence-corrected chi connectivity index (χ3v) is 6.04. The molecule has 3 rings (SSSR count). The summed E-state index contributed by atoms with van der Waals surface area (Å²) in [6.45, 7) is 5.49. The van der Waals surface area contributed by atoms with Crippen LogP contribution in [0.2, 0.25) is 0 Å². The van der Waals surface area contributed by atoms with E-state index in [1.807, 2.05) is 6.92 Å². The number of hydrogen-bond acceptors (Lipinski definition) is 5. The Balaban J connectivity index is 1.42. The van der Waals surface area contributed by atoms with Gasteiger partial charge in [0.1, 0.15) is 5.75 Å². The lowest BCUT2D eigenvalue weighted by atomic mass is 9.78. The molecule has 1 saturated heterocycles. The molecule has 1 heterocycles. The van der Waals surface area contributed by atoms with E-state index in [1.165, 1.54) is 0 Å². The molecular weight excluding hydrogens is 380 g/mol. The van der Waals surface area contributed by atoms with E-state index >= 15 is 0 Å². The molecule has 0 radical (unpaired) electrons. The Morgan fingerprint density at radius 2 is 1.66 bits per heavy atom. The molecule has 0 bridgehead atoms. The molecule has 0 aromatic heterocycles. The largest absolute Gasteiger partial charge is 0.435 e. The van der Waals surface area contributed by atoms with Crippen LogP contribution in [0.25, 0.3) is 0 Å². The molecule has 1 saturated carbocycles. The molecule has 1 aliphatic carbocycles. The fourth-order valence-corrected chi connectivity index (χ4v) is 3.95. The van der Waals surface area contributed by atoms with Crippen LogP contribution in [0.1, 0.15) is 64.5 Å². The average molecular weight is 414 g/mol. The highest BCUT2D eigenvalue weighted by Crippen LogP contribution is 2.43. The van der Waals surface area contributed by atoms with E-state index in [1.54, 1.807) is 24.3 Å². The van der Waals surface area contributed by atoms with Gasteiger partial charge in [-0.15, -0.1) is 0 Å². The third-order valence-electron chi connectivity index (χ3n) is 6.04. The minimum absolute atomic E-state index is 0.0429. The number of aliphatic hydroxyl groups is 1. The van der Waals surface area contributed by atoms with Crippen LogP contribution >= 0.6 is 0 Å². The maximum absolute atomic E-state index is 12.2. The molecule has 1 unspecified atom stereocenters. The summed E-state index contributed by atoms with van der Waals surface area (Å²) < 4.78 is 40.9. The van der Waals surface area contributed by atoms with Crippen molar-refractivity contribution in [1.29, 1.82) is 0 Å². The Morgan fingerprint density at radius 3 is 2.21 bits per heavy atom. The summed E-state index contributed by atoms with van der Waals surface area (Å²) >= 11 is 0. The van der Waals surface area contributed by atoms with Crippen molar-refractivity contribution in [2.45, 2.75) is 76.9 Å². The SMILES string of the molecule is CC(NCCC1(O)CCC2(CC1)OCC(C)(C)CO2)c1ccc(OC(F)F)cc1. The Hall–Kier alpha value is -1.28. The van der Waals surface area contributed by atoms with Crippen LogP contribution in [0.5, 0.6) is 5.75 Å². The topological polar surface area (TPSA) is 60.0 Å². The van der Waals surface area contributed by atoms with Crippen molar-refractivity contribution < 1.29 is 28.1 Å². The first-order valence-electron chi connectivity index (χ1n) is 10.4. The second-order valence-electron chi connectivity index (χ2n) is 9.25. The summed E-state index contributed by atoms with van der Waals surface area (Å²) in [5, 5.41) is 14.4. The number of rotatable bonds is 7. The lowest BCUT2D eigenvalue weighted by molar-refractivity contribution is -0.319. The molecule has 164 valence electrons. The van der Waals surface area contributed by atoms with Gasteiger partial charge in [0, 0.05) is 24.3 Å². The van der Waals surface area contributed by atoms with Gasteiger partial charge in [-0.2, -0.15) is 8.78 Å². The van der Waals surface area contributed by atoms with Crippen molar-refractivity contribution in [3.8, 4) is 5.75 Å². The van der Waals surface area contributed by atoms with Gasteiger partial charge in [-0.3, -0.25) is 0 Å². The summed E-state index contributed by atoms with van der Waals surface area (Å²) in [5.41, 5.74) is 0.308. The Kier molecular flexibility index (Phi) is 6.83. The van der Waals surface area contributed by atoms with Crippen LogP contribution in [0.3, 0.4) is 0 Å². The number of halogens is 2. The highest BCUT2D eigenvalue weighted by molar-refractivity contribution is 5.28. The zero-order valence-corrected chi connectivity index (χ0v) is 17.5. The first-order valence-corrected chi connectivity index (χ1v) is 10.4. The summed E-state index contributed by atoms with van der Waals surface area (Å²) in [6, 6.07) is 6.67. The second-order valence-corrected chi connectivity index (χ2v) is 9.25. The quantitative estimate of drug-likeness (QED) is 0.694. The van der Waals surface area contributed by atoms with E-state index < -0.39 is 18.0 Å². The fraction of sp³-hybridized carbons (Fsp3) is 0.727. The van der Waals surface area contributed by atoms with E-state index in [-0.39, 0.29) is 17.2 Å². The van der Waals surface area contributed by atoms with Crippen LogP contribution in [0.15, 0.2) is 24.3 Å². The maximum Gasteiger partial charge on any atom is 0.387 e. The van der Waals surface area contributed by atoms with Crippen molar-refractivity contribution in [3.05, 3.63) is 29.8 Å². The maximum atomic E-state index is 12.2. The molecular formula is C22H33F2NO4. The average Bonchev–Trinajstić information content (AvgIpc) is 2.67. The van der Waals surface area contributed by atoms with Gasteiger partial charge in [0.05, 0.1) is 18.8 Å². The minimum atomic E-state index is -2.82. The number of nitrogens with one attached hydrogen (secondary N) is 1. The third kappa shape index (κ3) is 6.10. The molecule has 7 heteroatoms. The molecule has 0 amide bonds. The predicted molar refractivity (Wildman–Crippen MR) is 106 cm³/mol. The zero-order valence-electron chi connectivity index (χ0n) is 17.5. The molecule has 2 N–H and O–H groups in total. The van der Waals surface area contributed by atoms with Crippen molar-refractivity contribution in [2.75, 3.05) is 19.8 Å². The normalized spacial score (nSPS) is 23.8. The van der Waals surface area contributed by atoms with Crippen LogP contribution in [0.4, 0.5) is 8.78 Å². The van der Waals surface area contributed by atoms with Gasteiger partial charge in [-0.1, -0.05) is 26.0 Å². The van der Waals surface area contributed by atoms with Gasteiger partial charge < -0.3 is 24.6 Å². The molecule has 1 aromatic rings. The number of hydrogen-bond donors (Lipinski definition) is 2. The van der Waals surface area contributed by atoms with E-state index in [0.717, 1.165) is 5.56 Å². The van der Waals surface area contributed by atoms with Crippen LogP contribution in [-0.4, -0.2) is 42.9 Å². The van der Waals surface area contributed by atoms with Crippen LogP contribution in [0, 0.1) is 5.41 Å². The highest BCUT2D eigenvalue weighted by Gasteiger charge is 2.46. The molecule has 2 fully saturated rings. The van der Waals surface area contributed by atoms with Crippen LogP contribution in [-0.2, 0) is 9.47 Å². The standard InChI is InChI=1S/C22H33F2NO4/c1-16(17-4-6-18(7-5-17)29-19(23)24)25-13-12-21(26)8-10-22(11-9-21)27-14-20(2,3)15-28-22/h4-7,16,19,25-26H,8-15H2,1-3H3. The highest BCUT2D eigenvalue weighted by atomic mass is 19.3. The van der Waals surface area contributed by atoms with E-state index in [9.17, 15) is 13.9 Å². The molecule has 1 spiro atoms. The van der Waals surface area contributed by atoms with E-state index in [2.05, 4.69) is 23.9 Å². The number of benzene rings is 1. The first kappa shape index (κ1) is 22.4. The zero-order chi connectivity index (χ0) is 21.1. The molecule has 29 heavy (non-hydrogen) atoms.